The third kappa shape index (κ3) is 3.73. The van der Waals surface area contributed by atoms with Crippen molar-refractivity contribution in [2.75, 3.05) is 19.7 Å². The second-order valence-corrected chi connectivity index (χ2v) is 5.41. The Hall–Kier alpha value is -2.28. The van der Waals surface area contributed by atoms with E-state index in [2.05, 4.69) is 11.7 Å². The molecule has 0 bridgehead atoms. The highest BCUT2D eigenvalue weighted by Crippen LogP contribution is 2.20. The molecule has 0 atom stereocenters. The number of nitrogens with zero attached hydrogens (tertiary/aromatic N) is 4. The summed E-state index contributed by atoms with van der Waals surface area (Å²) >= 11 is 6.12. The second kappa shape index (κ2) is 7.32. The lowest BCUT2D eigenvalue weighted by molar-refractivity contribution is -0.135. The Labute approximate surface area is 139 Å². The van der Waals surface area contributed by atoms with Crippen molar-refractivity contribution < 1.29 is 14.3 Å². The quantitative estimate of drug-likeness (QED) is 0.623. The number of halogens is 1. The number of carbonyl (C=O) groups excluding carboxylic acids is 2. The minimum Gasteiger partial charge on any atom is -0.444 e. The fraction of sp³-hybridized carbons (Fsp3) is 0.400. The smallest absolute Gasteiger partial charge is 0.429 e. The monoisotopic (exact) mass is 338 g/mol. The minimum atomic E-state index is -0.556. The number of hydrogen-bond acceptors (Lipinski definition) is 4. The van der Waals surface area contributed by atoms with Crippen LogP contribution in [0.1, 0.15) is 17.7 Å². The van der Waals surface area contributed by atoms with Crippen LogP contribution < -0.4 is 0 Å². The molecule has 1 saturated heterocycles. The maximum Gasteiger partial charge on any atom is 0.429 e. The van der Waals surface area contributed by atoms with Crippen LogP contribution in [0.3, 0.4) is 0 Å². The van der Waals surface area contributed by atoms with E-state index in [1.54, 1.807) is 13.1 Å². The fourth-order valence-electron chi connectivity index (χ4n) is 2.31. The van der Waals surface area contributed by atoms with Gasteiger partial charge in [0.25, 0.3) is 5.91 Å². The first kappa shape index (κ1) is 17.1. The van der Waals surface area contributed by atoms with Crippen molar-refractivity contribution in [1.29, 1.82) is 0 Å². The van der Waals surface area contributed by atoms with Crippen molar-refractivity contribution in [3.05, 3.63) is 35.1 Å². The van der Waals surface area contributed by atoms with Crippen LogP contribution in [0.5, 0.6) is 0 Å². The molecule has 2 heterocycles. The summed E-state index contributed by atoms with van der Waals surface area (Å²) in [6.07, 6.45) is 4.62. The predicted octanol–water partition coefficient (Wildman–Crippen LogP) is 2.17. The Bertz CT molecular complexity index is 653. The molecule has 2 rings (SSSR count). The predicted molar refractivity (Wildman–Crippen MR) is 86.6 cm³/mol. The van der Waals surface area contributed by atoms with Gasteiger partial charge in [-0.1, -0.05) is 24.3 Å². The highest BCUT2D eigenvalue weighted by molar-refractivity contribution is 6.31. The summed E-state index contributed by atoms with van der Waals surface area (Å²) in [7, 11) is 1.73. The van der Waals surface area contributed by atoms with Gasteiger partial charge in [-0.05, 0) is 19.4 Å². The molecular formula is C15H19ClN4O3. The normalized spacial score (nSPS) is 14.6. The van der Waals surface area contributed by atoms with Crippen molar-refractivity contribution in [2.24, 2.45) is 7.05 Å². The van der Waals surface area contributed by atoms with Gasteiger partial charge in [0.05, 0.1) is 5.69 Å². The SMILES string of the molecule is C=CCOC(=O)N1CCCN1C(=O)C=Cc1c(C)nn(C)c1Cl. The molecule has 2 amide bonds. The van der Waals surface area contributed by atoms with Crippen LogP contribution in [0.25, 0.3) is 6.08 Å². The molecule has 1 aliphatic heterocycles. The molecule has 0 aromatic carbocycles. The van der Waals surface area contributed by atoms with Crippen LogP contribution in [-0.4, -0.2) is 51.5 Å². The van der Waals surface area contributed by atoms with E-state index in [-0.39, 0.29) is 12.5 Å². The topological polar surface area (TPSA) is 67.7 Å². The van der Waals surface area contributed by atoms with Gasteiger partial charge in [0.1, 0.15) is 11.8 Å². The molecule has 7 nitrogen and oxygen atoms in total. The van der Waals surface area contributed by atoms with Gasteiger partial charge in [-0.15, -0.1) is 0 Å². The zero-order valence-electron chi connectivity index (χ0n) is 13.2. The molecule has 8 heteroatoms. The number of hydrogen-bond donors (Lipinski definition) is 0. The highest BCUT2D eigenvalue weighted by atomic mass is 35.5. The first-order chi connectivity index (χ1) is 11.0. The van der Waals surface area contributed by atoms with Gasteiger partial charge >= 0.3 is 6.09 Å². The van der Waals surface area contributed by atoms with Gasteiger partial charge < -0.3 is 4.74 Å². The van der Waals surface area contributed by atoms with Crippen LogP contribution in [0, 0.1) is 6.92 Å². The largest absolute Gasteiger partial charge is 0.444 e. The number of ether oxygens (including phenoxy) is 1. The number of amides is 2. The summed E-state index contributed by atoms with van der Waals surface area (Å²) in [5, 5.41) is 7.29. The van der Waals surface area contributed by atoms with E-state index in [9.17, 15) is 9.59 Å². The lowest BCUT2D eigenvalue weighted by atomic mass is 10.2. The number of aryl methyl sites for hydroxylation is 2. The molecular weight excluding hydrogens is 320 g/mol. The van der Waals surface area contributed by atoms with Crippen LogP contribution in [-0.2, 0) is 16.6 Å². The van der Waals surface area contributed by atoms with Crippen molar-refractivity contribution in [1.82, 2.24) is 19.8 Å². The average molecular weight is 339 g/mol. The zero-order valence-corrected chi connectivity index (χ0v) is 13.9. The van der Waals surface area contributed by atoms with Gasteiger partial charge in [-0.3, -0.25) is 9.48 Å². The van der Waals surface area contributed by atoms with E-state index < -0.39 is 6.09 Å². The van der Waals surface area contributed by atoms with Gasteiger partial charge in [0.2, 0.25) is 0 Å². The molecule has 1 aromatic heterocycles. The third-order valence-electron chi connectivity index (χ3n) is 3.41. The second-order valence-electron chi connectivity index (χ2n) is 5.05. The lowest BCUT2D eigenvalue weighted by Crippen LogP contribution is -2.44. The third-order valence-corrected chi connectivity index (χ3v) is 3.86. The molecule has 0 saturated carbocycles. The van der Waals surface area contributed by atoms with Gasteiger partial charge in [-0.25, -0.2) is 14.8 Å². The van der Waals surface area contributed by atoms with E-state index >= 15 is 0 Å². The van der Waals surface area contributed by atoms with Crippen LogP contribution >= 0.6 is 11.6 Å². The van der Waals surface area contributed by atoms with E-state index in [1.807, 2.05) is 6.92 Å². The highest BCUT2D eigenvalue weighted by Gasteiger charge is 2.30. The number of hydrazine groups is 1. The molecule has 0 radical (unpaired) electrons. The van der Waals surface area contributed by atoms with E-state index in [0.717, 1.165) is 5.69 Å². The molecule has 1 fully saturated rings. The standard InChI is InChI=1S/C15H19ClN4O3/c1-4-10-23-15(22)20-9-5-8-19(20)13(21)7-6-12-11(2)17-18(3)14(12)16/h4,6-7H,1,5,8-10H2,2-3H3. The van der Waals surface area contributed by atoms with E-state index in [0.29, 0.717) is 30.2 Å². The molecule has 1 aromatic rings. The molecule has 1 aliphatic rings. The first-order valence-corrected chi connectivity index (χ1v) is 7.57. The molecule has 0 aliphatic carbocycles. The van der Waals surface area contributed by atoms with Gasteiger partial charge in [0.15, 0.2) is 0 Å². The van der Waals surface area contributed by atoms with Gasteiger partial charge in [-0.2, -0.15) is 5.10 Å². The van der Waals surface area contributed by atoms with Crippen LogP contribution in [0.2, 0.25) is 5.15 Å². The Kier molecular flexibility index (Phi) is 5.44. The molecule has 0 N–H and O–H groups in total. The van der Waals surface area contributed by atoms with Crippen molar-refractivity contribution in [3.63, 3.8) is 0 Å². The lowest BCUT2D eigenvalue weighted by Gasteiger charge is -2.25. The summed E-state index contributed by atoms with van der Waals surface area (Å²) in [6, 6.07) is 0. The fourth-order valence-corrected chi connectivity index (χ4v) is 2.55. The maximum absolute atomic E-state index is 12.3. The molecule has 23 heavy (non-hydrogen) atoms. The summed E-state index contributed by atoms with van der Waals surface area (Å²) in [5.41, 5.74) is 1.41. The maximum atomic E-state index is 12.3. The summed E-state index contributed by atoms with van der Waals surface area (Å²) in [6.45, 7) is 6.32. The van der Waals surface area contributed by atoms with Crippen LogP contribution in [0.15, 0.2) is 18.7 Å². The zero-order chi connectivity index (χ0) is 17.0. The number of aromatic nitrogens is 2. The van der Waals surface area contributed by atoms with Gasteiger partial charge in [0, 0.05) is 31.8 Å². The summed E-state index contributed by atoms with van der Waals surface area (Å²) in [4.78, 5) is 24.2. The van der Waals surface area contributed by atoms with E-state index in [4.69, 9.17) is 16.3 Å². The Morgan fingerprint density at radius 2 is 2.09 bits per heavy atom. The first-order valence-electron chi connectivity index (χ1n) is 7.19. The summed E-state index contributed by atoms with van der Waals surface area (Å²) < 4.78 is 6.51. The molecule has 0 unspecified atom stereocenters. The average Bonchev–Trinajstić information content (AvgIpc) is 3.09. The Balaban J connectivity index is 2.08. The van der Waals surface area contributed by atoms with Crippen molar-refractivity contribution >= 4 is 29.7 Å². The van der Waals surface area contributed by atoms with E-state index in [1.165, 1.54) is 26.9 Å². The number of rotatable bonds is 4. The molecule has 124 valence electrons. The van der Waals surface area contributed by atoms with Crippen molar-refractivity contribution in [3.8, 4) is 0 Å². The number of carbonyl (C=O) groups is 2. The van der Waals surface area contributed by atoms with Crippen LogP contribution in [0.4, 0.5) is 4.79 Å². The minimum absolute atomic E-state index is 0.109. The Morgan fingerprint density at radius 1 is 1.39 bits per heavy atom. The molecule has 0 spiro atoms. The Morgan fingerprint density at radius 3 is 2.70 bits per heavy atom. The summed E-state index contributed by atoms with van der Waals surface area (Å²) in [5.74, 6) is -0.308. The van der Waals surface area contributed by atoms with Crippen molar-refractivity contribution in [2.45, 2.75) is 13.3 Å².